The molecule has 0 radical (unpaired) electrons. The zero-order chi connectivity index (χ0) is 12.5. The zero-order valence-corrected chi connectivity index (χ0v) is 11.3. The minimum atomic E-state index is 0.589. The van der Waals surface area contributed by atoms with Crippen molar-refractivity contribution in [2.24, 2.45) is 5.73 Å². The predicted octanol–water partition coefficient (Wildman–Crippen LogP) is 1.71. The van der Waals surface area contributed by atoms with Crippen molar-refractivity contribution in [1.82, 2.24) is 14.3 Å². The summed E-state index contributed by atoms with van der Waals surface area (Å²) in [7, 11) is 0. The molecule has 0 amide bonds. The van der Waals surface area contributed by atoms with Gasteiger partial charge in [0.1, 0.15) is 17.0 Å². The van der Waals surface area contributed by atoms with Crippen LogP contribution in [-0.4, -0.2) is 33.5 Å². The Morgan fingerprint density at radius 3 is 2.94 bits per heavy atom. The molecule has 2 heterocycles. The highest BCUT2D eigenvalue weighted by Gasteiger charge is 2.27. The van der Waals surface area contributed by atoms with Crippen molar-refractivity contribution in [2.75, 3.05) is 18.0 Å². The second-order valence-electron chi connectivity index (χ2n) is 4.71. The molecule has 1 aliphatic carbocycles. The van der Waals surface area contributed by atoms with E-state index in [1.54, 1.807) is 6.33 Å². The van der Waals surface area contributed by atoms with Gasteiger partial charge in [0, 0.05) is 19.1 Å². The number of hydrogen-bond acceptors (Lipinski definition) is 6. The fraction of sp³-hybridized carbons (Fsp3) is 0.583. The van der Waals surface area contributed by atoms with Gasteiger partial charge in [-0.05, 0) is 37.7 Å². The van der Waals surface area contributed by atoms with Gasteiger partial charge in [-0.2, -0.15) is 4.37 Å². The van der Waals surface area contributed by atoms with Crippen LogP contribution >= 0.6 is 11.5 Å². The zero-order valence-electron chi connectivity index (χ0n) is 10.5. The van der Waals surface area contributed by atoms with Gasteiger partial charge in [0.05, 0.1) is 11.1 Å². The molecule has 96 valence electrons. The summed E-state index contributed by atoms with van der Waals surface area (Å²) in [5.74, 6) is 1.02. The summed E-state index contributed by atoms with van der Waals surface area (Å²) >= 11 is 1.44. The molecule has 1 fully saturated rings. The Morgan fingerprint density at radius 1 is 1.44 bits per heavy atom. The van der Waals surface area contributed by atoms with Gasteiger partial charge < -0.3 is 10.6 Å². The Hall–Kier alpha value is -1.27. The third kappa shape index (κ3) is 1.85. The highest BCUT2D eigenvalue weighted by Crippen LogP contribution is 2.34. The lowest BCUT2D eigenvalue weighted by atomic mass is 9.91. The fourth-order valence-electron chi connectivity index (χ4n) is 2.42. The summed E-state index contributed by atoms with van der Waals surface area (Å²) in [6, 6.07) is 0.589. The maximum Gasteiger partial charge on any atom is 0.149 e. The molecule has 3 rings (SSSR count). The average molecular weight is 263 g/mol. The number of nitrogens with two attached hydrogens (primary N) is 1. The first-order chi connectivity index (χ1) is 8.81. The number of aryl methyl sites for hydroxylation is 1. The third-order valence-electron chi connectivity index (χ3n) is 3.58. The normalized spacial score (nSPS) is 15.9. The van der Waals surface area contributed by atoms with Crippen molar-refractivity contribution < 1.29 is 0 Å². The SMILES string of the molecule is Cc1nsc2ncnc(N(CCN)C3CCC3)c12. The molecule has 2 N–H and O–H groups in total. The summed E-state index contributed by atoms with van der Waals surface area (Å²) < 4.78 is 4.38. The molecule has 0 aromatic carbocycles. The molecule has 0 unspecified atom stereocenters. The van der Waals surface area contributed by atoms with E-state index in [0.717, 1.165) is 28.3 Å². The monoisotopic (exact) mass is 263 g/mol. The van der Waals surface area contributed by atoms with Gasteiger partial charge in [-0.15, -0.1) is 0 Å². The fourth-order valence-corrected chi connectivity index (χ4v) is 3.16. The summed E-state index contributed by atoms with van der Waals surface area (Å²) in [5.41, 5.74) is 6.76. The Bertz CT molecular complexity index is 548. The topological polar surface area (TPSA) is 67.9 Å². The summed E-state index contributed by atoms with van der Waals surface area (Å²) in [5, 5.41) is 1.10. The van der Waals surface area contributed by atoms with Gasteiger partial charge in [-0.1, -0.05) is 0 Å². The minimum absolute atomic E-state index is 0.589. The van der Waals surface area contributed by atoms with E-state index in [4.69, 9.17) is 5.73 Å². The van der Waals surface area contributed by atoms with Crippen molar-refractivity contribution in [1.29, 1.82) is 0 Å². The van der Waals surface area contributed by atoms with E-state index in [0.29, 0.717) is 12.6 Å². The van der Waals surface area contributed by atoms with Crippen LogP contribution in [0.2, 0.25) is 0 Å². The lowest BCUT2D eigenvalue weighted by Gasteiger charge is -2.38. The lowest BCUT2D eigenvalue weighted by molar-refractivity contribution is 0.386. The maximum atomic E-state index is 5.74. The van der Waals surface area contributed by atoms with Crippen LogP contribution in [0.1, 0.15) is 25.0 Å². The van der Waals surface area contributed by atoms with Crippen LogP contribution in [0, 0.1) is 6.92 Å². The molecule has 0 bridgehead atoms. The van der Waals surface area contributed by atoms with Crippen LogP contribution in [-0.2, 0) is 0 Å². The van der Waals surface area contributed by atoms with Crippen LogP contribution in [0.15, 0.2) is 6.33 Å². The molecule has 0 saturated heterocycles. The summed E-state index contributed by atoms with van der Waals surface area (Å²) in [4.78, 5) is 12.1. The maximum absolute atomic E-state index is 5.74. The van der Waals surface area contributed by atoms with Crippen LogP contribution in [0.4, 0.5) is 5.82 Å². The number of nitrogens with zero attached hydrogens (tertiary/aromatic N) is 4. The van der Waals surface area contributed by atoms with E-state index in [9.17, 15) is 0 Å². The smallest absolute Gasteiger partial charge is 0.149 e. The van der Waals surface area contributed by atoms with Gasteiger partial charge in [-0.3, -0.25) is 0 Å². The van der Waals surface area contributed by atoms with Crippen LogP contribution in [0.5, 0.6) is 0 Å². The highest BCUT2D eigenvalue weighted by atomic mass is 32.1. The standard InChI is InChI=1S/C12H17N5S/c1-8-10-11(14-7-15-12(10)18-16-8)17(6-5-13)9-3-2-4-9/h7,9H,2-6,13H2,1H3. The van der Waals surface area contributed by atoms with Crippen LogP contribution in [0.25, 0.3) is 10.2 Å². The van der Waals surface area contributed by atoms with Crippen molar-refractivity contribution in [2.45, 2.75) is 32.2 Å². The van der Waals surface area contributed by atoms with Gasteiger partial charge in [-0.25, -0.2) is 9.97 Å². The molecule has 0 spiro atoms. The van der Waals surface area contributed by atoms with E-state index >= 15 is 0 Å². The van der Waals surface area contributed by atoms with Crippen LogP contribution < -0.4 is 10.6 Å². The first-order valence-electron chi connectivity index (χ1n) is 6.35. The molecule has 1 aliphatic rings. The minimum Gasteiger partial charge on any atom is -0.352 e. The molecular weight excluding hydrogens is 246 g/mol. The highest BCUT2D eigenvalue weighted by molar-refractivity contribution is 7.13. The first-order valence-corrected chi connectivity index (χ1v) is 7.12. The predicted molar refractivity (Wildman–Crippen MR) is 74.0 cm³/mol. The molecule has 0 aliphatic heterocycles. The molecule has 18 heavy (non-hydrogen) atoms. The van der Waals surface area contributed by atoms with E-state index in [1.165, 1.54) is 30.8 Å². The van der Waals surface area contributed by atoms with Gasteiger partial charge in [0.15, 0.2) is 0 Å². The second-order valence-corrected chi connectivity index (χ2v) is 5.46. The number of fused-ring (bicyclic) bond motifs is 1. The molecule has 1 saturated carbocycles. The average Bonchev–Trinajstić information content (AvgIpc) is 2.69. The molecule has 5 nitrogen and oxygen atoms in total. The number of hydrogen-bond donors (Lipinski definition) is 1. The largest absolute Gasteiger partial charge is 0.352 e. The molecule has 6 heteroatoms. The number of anilines is 1. The number of rotatable bonds is 4. The Morgan fingerprint density at radius 2 is 2.28 bits per heavy atom. The Kier molecular flexibility index (Phi) is 3.13. The van der Waals surface area contributed by atoms with Gasteiger partial charge in [0.25, 0.3) is 0 Å². The molecule has 0 atom stereocenters. The van der Waals surface area contributed by atoms with Gasteiger partial charge in [0.2, 0.25) is 0 Å². The van der Waals surface area contributed by atoms with Crippen molar-refractivity contribution in [3.05, 3.63) is 12.0 Å². The van der Waals surface area contributed by atoms with E-state index in [2.05, 4.69) is 19.2 Å². The Balaban J connectivity index is 2.07. The summed E-state index contributed by atoms with van der Waals surface area (Å²) in [6.45, 7) is 3.53. The van der Waals surface area contributed by atoms with E-state index in [1.807, 2.05) is 6.92 Å². The first kappa shape index (κ1) is 11.8. The lowest BCUT2D eigenvalue weighted by Crippen LogP contribution is -2.43. The Labute approximate surface area is 110 Å². The van der Waals surface area contributed by atoms with Crippen molar-refractivity contribution >= 4 is 27.6 Å². The summed E-state index contributed by atoms with van der Waals surface area (Å²) in [6.07, 6.45) is 5.42. The number of aromatic nitrogens is 3. The molecular formula is C12H17N5S. The molecule has 2 aromatic rings. The van der Waals surface area contributed by atoms with Crippen LogP contribution in [0.3, 0.4) is 0 Å². The van der Waals surface area contributed by atoms with Crippen molar-refractivity contribution in [3.8, 4) is 0 Å². The van der Waals surface area contributed by atoms with E-state index in [-0.39, 0.29) is 0 Å². The quantitative estimate of drug-likeness (QED) is 0.909. The second kappa shape index (κ2) is 4.78. The van der Waals surface area contributed by atoms with Gasteiger partial charge >= 0.3 is 0 Å². The molecule has 2 aromatic heterocycles. The third-order valence-corrected chi connectivity index (χ3v) is 4.43. The van der Waals surface area contributed by atoms with Crippen molar-refractivity contribution in [3.63, 3.8) is 0 Å². The van der Waals surface area contributed by atoms with E-state index < -0.39 is 0 Å².